The molecule has 0 aliphatic carbocycles. The van der Waals surface area contributed by atoms with Gasteiger partial charge in [0, 0.05) is 19.6 Å². The Morgan fingerprint density at radius 1 is 1.05 bits per heavy atom. The molecular formula is C15H24F3N3. The molecule has 120 valence electrons. The van der Waals surface area contributed by atoms with Gasteiger partial charge in [-0.3, -0.25) is 4.90 Å². The number of rotatable bonds is 2. The number of likely N-dealkylation sites (N-methyl/N-ethyl adjacent to an activating group) is 1. The second kappa shape index (κ2) is 8.36. The first-order valence-electron chi connectivity index (χ1n) is 7.10. The van der Waals surface area contributed by atoms with Gasteiger partial charge < -0.3 is 10.6 Å². The summed E-state index contributed by atoms with van der Waals surface area (Å²) in [6.07, 6.45) is -3.26. The number of halogens is 3. The SMILES string of the molecule is CN.CN1CCCN(Cc2ccccc2C(F)(F)F)CC1. The summed E-state index contributed by atoms with van der Waals surface area (Å²) in [6.45, 7) is 3.98. The predicted octanol–water partition coefficient (Wildman–Crippen LogP) is 2.42. The van der Waals surface area contributed by atoms with E-state index in [2.05, 4.69) is 15.5 Å². The van der Waals surface area contributed by atoms with E-state index in [1.165, 1.54) is 19.2 Å². The smallest absolute Gasteiger partial charge is 0.333 e. The molecule has 0 bridgehead atoms. The van der Waals surface area contributed by atoms with Gasteiger partial charge in [-0.15, -0.1) is 0 Å². The quantitative estimate of drug-likeness (QED) is 0.911. The molecule has 0 radical (unpaired) electrons. The third-order valence-corrected chi connectivity index (χ3v) is 3.53. The summed E-state index contributed by atoms with van der Waals surface area (Å²) in [7, 11) is 3.55. The van der Waals surface area contributed by atoms with Crippen LogP contribution in [0.5, 0.6) is 0 Å². The molecule has 2 rings (SSSR count). The van der Waals surface area contributed by atoms with Crippen LogP contribution in [0.3, 0.4) is 0 Å². The van der Waals surface area contributed by atoms with Gasteiger partial charge >= 0.3 is 6.18 Å². The van der Waals surface area contributed by atoms with Gasteiger partial charge in [-0.25, -0.2) is 0 Å². The largest absolute Gasteiger partial charge is 0.416 e. The van der Waals surface area contributed by atoms with Gasteiger partial charge in [0.15, 0.2) is 0 Å². The zero-order valence-corrected chi connectivity index (χ0v) is 12.7. The highest BCUT2D eigenvalue weighted by atomic mass is 19.4. The molecule has 21 heavy (non-hydrogen) atoms. The molecule has 0 spiro atoms. The van der Waals surface area contributed by atoms with Crippen molar-refractivity contribution in [2.24, 2.45) is 5.73 Å². The standard InChI is InChI=1S/C14H19F3N2.CH5N/c1-18-7-4-8-19(10-9-18)11-12-5-2-3-6-13(12)14(15,16)17;1-2/h2-3,5-6H,4,7-11H2,1H3;2H2,1H3. The monoisotopic (exact) mass is 303 g/mol. The van der Waals surface area contributed by atoms with Crippen LogP contribution in [-0.2, 0) is 12.7 Å². The fourth-order valence-electron chi connectivity index (χ4n) is 2.43. The van der Waals surface area contributed by atoms with Crippen LogP contribution in [0.15, 0.2) is 24.3 Å². The maximum atomic E-state index is 12.9. The van der Waals surface area contributed by atoms with Crippen LogP contribution >= 0.6 is 0 Å². The summed E-state index contributed by atoms with van der Waals surface area (Å²) >= 11 is 0. The van der Waals surface area contributed by atoms with Crippen LogP contribution in [0.2, 0.25) is 0 Å². The fraction of sp³-hybridized carbons (Fsp3) is 0.600. The Balaban J connectivity index is 0.00000106. The average Bonchev–Trinajstić information content (AvgIpc) is 2.65. The van der Waals surface area contributed by atoms with Crippen molar-refractivity contribution in [3.05, 3.63) is 35.4 Å². The predicted molar refractivity (Wildman–Crippen MR) is 78.9 cm³/mol. The second-order valence-electron chi connectivity index (χ2n) is 5.09. The molecule has 2 N–H and O–H groups in total. The van der Waals surface area contributed by atoms with E-state index in [4.69, 9.17) is 0 Å². The molecule has 1 aromatic carbocycles. The molecule has 0 unspecified atom stereocenters. The zero-order chi connectivity index (χ0) is 15.9. The minimum absolute atomic E-state index is 0.375. The summed E-state index contributed by atoms with van der Waals surface area (Å²) in [6, 6.07) is 5.87. The molecular weight excluding hydrogens is 279 g/mol. The summed E-state index contributed by atoms with van der Waals surface area (Å²) in [4.78, 5) is 4.32. The van der Waals surface area contributed by atoms with E-state index in [1.54, 1.807) is 12.1 Å². The molecule has 1 heterocycles. The lowest BCUT2D eigenvalue weighted by Crippen LogP contribution is -2.29. The topological polar surface area (TPSA) is 32.5 Å². The Hall–Kier alpha value is -1.11. The van der Waals surface area contributed by atoms with E-state index in [1.807, 2.05) is 7.05 Å². The van der Waals surface area contributed by atoms with Gasteiger partial charge in [0.05, 0.1) is 5.56 Å². The van der Waals surface area contributed by atoms with Crippen LogP contribution in [0.1, 0.15) is 17.5 Å². The highest BCUT2D eigenvalue weighted by molar-refractivity contribution is 5.29. The molecule has 1 aliphatic heterocycles. The second-order valence-corrected chi connectivity index (χ2v) is 5.09. The Labute approximate surface area is 124 Å². The first-order chi connectivity index (χ1) is 9.97. The summed E-state index contributed by atoms with van der Waals surface area (Å²) < 4.78 is 38.8. The maximum Gasteiger partial charge on any atom is 0.416 e. The Morgan fingerprint density at radius 2 is 1.71 bits per heavy atom. The van der Waals surface area contributed by atoms with Gasteiger partial charge in [-0.2, -0.15) is 13.2 Å². The van der Waals surface area contributed by atoms with E-state index in [-0.39, 0.29) is 0 Å². The molecule has 1 aliphatic rings. The van der Waals surface area contributed by atoms with Gasteiger partial charge in [-0.1, -0.05) is 18.2 Å². The lowest BCUT2D eigenvalue weighted by Gasteiger charge is -2.22. The third-order valence-electron chi connectivity index (χ3n) is 3.53. The molecule has 1 aromatic rings. The van der Waals surface area contributed by atoms with E-state index >= 15 is 0 Å². The minimum atomic E-state index is -4.26. The van der Waals surface area contributed by atoms with E-state index in [0.29, 0.717) is 12.1 Å². The van der Waals surface area contributed by atoms with E-state index in [0.717, 1.165) is 32.6 Å². The fourth-order valence-corrected chi connectivity index (χ4v) is 2.43. The first-order valence-corrected chi connectivity index (χ1v) is 7.10. The number of hydrogen-bond acceptors (Lipinski definition) is 3. The molecule has 0 aromatic heterocycles. The highest BCUT2D eigenvalue weighted by Crippen LogP contribution is 2.32. The van der Waals surface area contributed by atoms with Crippen molar-refractivity contribution < 1.29 is 13.2 Å². The van der Waals surface area contributed by atoms with Crippen LogP contribution in [0.4, 0.5) is 13.2 Å². The summed E-state index contributed by atoms with van der Waals surface area (Å²) in [5, 5.41) is 0. The molecule has 0 amide bonds. The van der Waals surface area contributed by atoms with Crippen LogP contribution < -0.4 is 5.73 Å². The van der Waals surface area contributed by atoms with Crippen molar-refractivity contribution in [1.29, 1.82) is 0 Å². The Kier molecular flexibility index (Phi) is 7.14. The minimum Gasteiger partial charge on any atom is -0.333 e. The van der Waals surface area contributed by atoms with Gasteiger partial charge in [0.25, 0.3) is 0 Å². The maximum absolute atomic E-state index is 12.9. The number of nitrogens with two attached hydrogens (primary N) is 1. The number of alkyl halides is 3. The normalized spacial score (nSPS) is 17.8. The Morgan fingerprint density at radius 3 is 2.38 bits per heavy atom. The van der Waals surface area contributed by atoms with Crippen LogP contribution in [0.25, 0.3) is 0 Å². The van der Waals surface area contributed by atoms with Gasteiger partial charge in [0.1, 0.15) is 0 Å². The lowest BCUT2D eigenvalue weighted by molar-refractivity contribution is -0.138. The molecule has 1 saturated heterocycles. The van der Waals surface area contributed by atoms with E-state index < -0.39 is 11.7 Å². The van der Waals surface area contributed by atoms with Crippen molar-refractivity contribution in [1.82, 2.24) is 9.80 Å². The summed E-state index contributed by atoms with van der Waals surface area (Å²) in [5.74, 6) is 0. The number of benzene rings is 1. The van der Waals surface area contributed by atoms with Crippen LogP contribution in [0, 0.1) is 0 Å². The first kappa shape index (κ1) is 17.9. The van der Waals surface area contributed by atoms with Crippen LogP contribution in [-0.4, -0.2) is 50.1 Å². The van der Waals surface area contributed by atoms with Crippen molar-refractivity contribution >= 4 is 0 Å². The lowest BCUT2D eigenvalue weighted by atomic mass is 10.1. The van der Waals surface area contributed by atoms with E-state index in [9.17, 15) is 13.2 Å². The van der Waals surface area contributed by atoms with Crippen molar-refractivity contribution in [3.63, 3.8) is 0 Å². The average molecular weight is 303 g/mol. The number of hydrogen-bond donors (Lipinski definition) is 1. The van der Waals surface area contributed by atoms with Gasteiger partial charge in [-0.05, 0) is 45.2 Å². The molecule has 1 fully saturated rings. The zero-order valence-electron chi connectivity index (χ0n) is 12.7. The van der Waals surface area contributed by atoms with Crippen molar-refractivity contribution in [2.45, 2.75) is 19.1 Å². The molecule has 3 nitrogen and oxygen atoms in total. The molecule has 6 heteroatoms. The Bertz CT molecular complexity index is 421. The van der Waals surface area contributed by atoms with Gasteiger partial charge in [0.2, 0.25) is 0 Å². The number of nitrogens with zero attached hydrogens (tertiary/aromatic N) is 2. The molecule has 0 atom stereocenters. The van der Waals surface area contributed by atoms with Crippen molar-refractivity contribution in [3.8, 4) is 0 Å². The van der Waals surface area contributed by atoms with Crippen molar-refractivity contribution in [2.75, 3.05) is 40.3 Å². The third kappa shape index (κ3) is 5.65. The highest BCUT2D eigenvalue weighted by Gasteiger charge is 2.33. The summed E-state index contributed by atoms with van der Waals surface area (Å²) in [5.41, 5.74) is 4.37. The molecule has 0 saturated carbocycles.